The van der Waals surface area contributed by atoms with E-state index in [9.17, 15) is 9.59 Å². The van der Waals surface area contributed by atoms with Gasteiger partial charge < -0.3 is 15.2 Å². The maximum absolute atomic E-state index is 12.1. The van der Waals surface area contributed by atoms with Gasteiger partial charge in [0.05, 0.1) is 17.5 Å². The predicted octanol–water partition coefficient (Wildman–Crippen LogP) is 1.74. The number of nitrogens with zero attached hydrogens (tertiary/aromatic N) is 3. The van der Waals surface area contributed by atoms with Crippen LogP contribution in [0.15, 0.2) is 35.5 Å². The number of anilines is 1. The third-order valence-corrected chi connectivity index (χ3v) is 4.14. The van der Waals surface area contributed by atoms with Crippen molar-refractivity contribution in [1.29, 1.82) is 0 Å². The fourth-order valence-electron chi connectivity index (χ4n) is 2.06. The second kappa shape index (κ2) is 7.77. The smallest absolute Gasteiger partial charge is 0.230 e. The third-order valence-electron chi connectivity index (χ3n) is 3.07. The van der Waals surface area contributed by atoms with Crippen LogP contribution in [0.3, 0.4) is 0 Å². The van der Waals surface area contributed by atoms with Gasteiger partial charge in [0.15, 0.2) is 5.82 Å². The Bertz CT molecular complexity index is 701. The van der Waals surface area contributed by atoms with Crippen molar-refractivity contribution in [3.8, 4) is 0 Å². The molecule has 2 rings (SSSR count). The molecule has 0 aliphatic rings. The summed E-state index contributed by atoms with van der Waals surface area (Å²) < 4.78 is 1.77. The van der Waals surface area contributed by atoms with Crippen LogP contribution in [0.2, 0.25) is 0 Å². The molecule has 0 fully saturated rings. The average molecular weight is 333 g/mol. The Balaban J connectivity index is 1.92. The predicted molar refractivity (Wildman–Crippen MR) is 89.0 cm³/mol. The van der Waals surface area contributed by atoms with Gasteiger partial charge in [-0.2, -0.15) is 0 Å². The minimum Gasteiger partial charge on any atom is -0.346 e. The molecule has 0 bridgehead atoms. The van der Waals surface area contributed by atoms with Crippen molar-refractivity contribution < 1.29 is 9.59 Å². The highest BCUT2D eigenvalue weighted by atomic mass is 32.2. The van der Waals surface area contributed by atoms with Crippen LogP contribution in [0, 0.1) is 0 Å². The first-order valence-electron chi connectivity index (χ1n) is 7.10. The van der Waals surface area contributed by atoms with E-state index in [1.54, 1.807) is 10.9 Å². The summed E-state index contributed by atoms with van der Waals surface area (Å²) in [5, 5.41) is 13.4. The van der Waals surface area contributed by atoms with Crippen molar-refractivity contribution in [2.75, 3.05) is 11.1 Å². The quantitative estimate of drug-likeness (QED) is 0.786. The highest BCUT2D eigenvalue weighted by Gasteiger charge is 2.15. The maximum atomic E-state index is 12.1. The minimum absolute atomic E-state index is 0.108. The van der Waals surface area contributed by atoms with Gasteiger partial charge in [0.25, 0.3) is 0 Å². The number of carbonyl (C=O) groups is 2. The van der Waals surface area contributed by atoms with Crippen molar-refractivity contribution >= 4 is 29.3 Å². The molecule has 2 amide bonds. The molecule has 0 spiro atoms. The van der Waals surface area contributed by atoms with E-state index < -0.39 is 0 Å². The van der Waals surface area contributed by atoms with Crippen molar-refractivity contribution in [2.45, 2.75) is 24.8 Å². The molecule has 0 aliphatic carbocycles. The van der Waals surface area contributed by atoms with Crippen LogP contribution < -0.4 is 10.6 Å². The number of benzene rings is 1. The van der Waals surface area contributed by atoms with Gasteiger partial charge in [0.1, 0.15) is 6.33 Å². The maximum Gasteiger partial charge on any atom is 0.230 e. The second-order valence-corrected chi connectivity index (χ2v) is 6.07. The largest absolute Gasteiger partial charge is 0.346 e. The molecule has 1 aromatic carbocycles. The van der Waals surface area contributed by atoms with E-state index in [4.69, 9.17) is 0 Å². The number of para-hydroxylation sites is 1. The summed E-state index contributed by atoms with van der Waals surface area (Å²) >= 11 is 1.37. The zero-order valence-corrected chi connectivity index (χ0v) is 14.1. The topological polar surface area (TPSA) is 88.9 Å². The van der Waals surface area contributed by atoms with Gasteiger partial charge in [-0.3, -0.25) is 9.59 Å². The van der Waals surface area contributed by atoms with Crippen LogP contribution in [-0.4, -0.2) is 32.3 Å². The summed E-state index contributed by atoms with van der Waals surface area (Å²) in [4.78, 5) is 24.1. The lowest BCUT2D eigenvalue weighted by Gasteiger charge is -2.13. The van der Waals surface area contributed by atoms with Gasteiger partial charge in [0.2, 0.25) is 11.8 Å². The lowest BCUT2D eigenvalue weighted by molar-refractivity contribution is -0.119. The molecule has 1 aromatic heterocycles. The number of rotatable bonds is 6. The molecule has 0 aliphatic heterocycles. The van der Waals surface area contributed by atoms with E-state index in [0.717, 1.165) is 4.90 Å². The van der Waals surface area contributed by atoms with Gasteiger partial charge >= 0.3 is 0 Å². The molecule has 0 saturated carbocycles. The molecule has 7 nitrogen and oxygen atoms in total. The van der Waals surface area contributed by atoms with Crippen LogP contribution >= 0.6 is 11.8 Å². The Kier molecular flexibility index (Phi) is 5.75. The molecule has 1 unspecified atom stereocenters. The molecule has 8 heteroatoms. The summed E-state index contributed by atoms with van der Waals surface area (Å²) in [6.07, 6.45) is 1.59. The lowest BCUT2D eigenvalue weighted by Crippen LogP contribution is -2.29. The molecule has 1 atom stereocenters. The van der Waals surface area contributed by atoms with Crippen molar-refractivity contribution in [1.82, 2.24) is 20.1 Å². The number of carbonyl (C=O) groups excluding carboxylic acids is 2. The molecular weight excluding hydrogens is 314 g/mol. The minimum atomic E-state index is -0.221. The second-order valence-electron chi connectivity index (χ2n) is 5.06. The summed E-state index contributed by atoms with van der Waals surface area (Å²) in [6, 6.07) is 7.17. The van der Waals surface area contributed by atoms with Crippen LogP contribution in [0.4, 0.5) is 5.69 Å². The fraction of sp³-hybridized carbons (Fsp3) is 0.333. The van der Waals surface area contributed by atoms with E-state index in [1.165, 1.54) is 18.7 Å². The molecule has 2 N–H and O–H groups in total. The number of aromatic nitrogens is 3. The number of amides is 2. The summed E-state index contributed by atoms with van der Waals surface area (Å²) in [7, 11) is 1.83. The summed E-state index contributed by atoms with van der Waals surface area (Å²) in [6.45, 7) is 3.31. The Hall–Kier alpha value is -2.35. The molecule has 23 heavy (non-hydrogen) atoms. The molecular formula is C15H19N5O2S. The van der Waals surface area contributed by atoms with Crippen molar-refractivity contribution in [2.24, 2.45) is 7.05 Å². The average Bonchev–Trinajstić information content (AvgIpc) is 2.92. The van der Waals surface area contributed by atoms with Crippen LogP contribution in [0.1, 0.15) is 25.7 Å². The number of hydrogen-bond acceptors (Lipinski definition) is 5. The molecule has 2 aromatic rings. The Labute approximate surface area is 138 Å². The first-order chi connectivity index (χ1) is 11.0. The van der Waals surface area contributed by atoms with Crippen molar-refractivity contribution in [3.63, 3.8) is 0 Å². The van der Waals surface area contributed by atoms with Gasteiger partial charge in [-0.15, -0.1) is 22.0 Å². The van der Waals surface area contributed by atoms with Crippen LogP contribution in [-0.2, 0) is 16.6 Å². The van der Waals surface area contributed by atoms with Crippen LogP contribution in [0.5, 0.6) is 0 Å². The third kappa shape index (κ3) is 4.82. The first-order valence-corrected chi connectivity index (χ1v) is 8.08. The number of aryl methyl sites for hydroxylation is 1. The van der Waals surface area contributed by atoms with Gasteiger partial charge in [-0.1, -0.05) is 12.1 Å². The van der Waals surface area contributed by atoms with E-state index in [0.29, 0.717) is 11.5 Å². The summed E-state index contributed by atoms with van der Waals surface area (Å²) in [5.41, 5.74) is 0.708. The highest BCUT2D eigenvalue weighted by molar-refractivity contribution is 8.00. The normalized spacial score (nSPS) is 11.8. The molecule has 0 saturated heterocycles. The number of thioether (sulfide) groups is 1. The molecule has 1 heterocycles. The van der Waals surface area contributed by atoms with Gasteiger partial charge in [-0.05, 0) is 19.1 Å². The van der Waals surface area contributed by atoms with E-state index in [2.05, 4.69) is 20.8 Å². The van der Waals surface area contributed by atoms with E-state index in [1.807, 2.05) is 38.2 Å². The van der Waals surface area contributed by atoms with E-state index in [-0.39, 0.29) is 23.6 Å². The molecule has 122 valence electrons. The zero-order valence-electron chi connectivity index (χ0n) is 13.2. The van der Waals surface area contributed by atoms with Gasteiger partial charge in [-0.25, -0.2) is 0 Å². The standard InChI is InChI=1S/C15H19N5O2S/c1-10(15-19-16-9-20(15)3)17-14(22)8-23-13-7-5-4-6-12(13)18-11(2)21/h4-7,9-10H,8H2,1-3H3,(H,17,22)(H,18,21). The van der Waals surface area contributed by atoms with Gasteiger partial charge in [0, 0.05) is 18.9 Å². The lowest BCUT2D eigenvalue weighted by atomic mass is 10.3. The fourth-order valence-corrected chi connectivity index (χ4v) is 2.88. The Morgan fingerprint density at radius 2 is 2.09 bits per heavy atom. The number of nitrogens with one attached hydrogen (secondary N) is 2. The zero-order chi connectivity index (χ0) is 16.8. The summed E-state index contributed by atoms with van der Waals surface area (Å²) in [5.74, 6) is 0.697. The Morgan fingerprint density at radius 3 is 2.74 bits per heavy atom. The highest BCUT2D eigenvalue weighted by Crippen LogP contribution is 2.26. The number of hydrogen-bond donors (Lipinski definition) is 2. The monoisotopic (exact) mass is 333 g/mol. The van der Waals surface area contributed by atoms with Crippen LogP contribution in [0.25, 0.3) is 0 Å². The first kappa shape index (κ1) is 17.0. The SMILES string of the molecule is CC(=O)Nc1ccccc1SCC(=O)NC(C)c1nncn1C. The Morgan fingerprint density at radius 1 is 1.35 bits per heavy atom. The van der Waals surface area contributed by atoms with Crippen molar-refractivity contribution in [3.05, 3.63) is 36.4 Å². The van der Waals surface area contributed by atoms with E-state index >= 15 is 0 Å². The molecule has 0 radical (unpaired) electrons.